The maximum atomic E-state index is 3.88. The van der Waals surface area contributed by atoms with Gasteiger partial charge in [0.1, 0.15) is 6.17 Å². The van der Waals surface area contributed by atoms with Gasteiger partial charge in [0.15, 0.2) is 0 Å². The van der Waals surface area contributed by atoms with Gasteiger partial charge >= 0.3 is 0 Å². The molecule has 22 heavy (non-hydrogen) atoms. The van der Waals surface area contributed by atoms with Gasteiger partial charge < -0.3 is 9.80 Å². The number of rotatable bonds is 3. The number of hydrogen-bond donors (Lipinski definition) is 0. The molecule has 0 amide bonds. The van der Waals surface area contributed by atoms with Crippen molar-refractivity contribution >= 4 is 11.8 Å². The van der Waals surface area contributed by atoms with Gasteiger partial charge in [0.2, 0.25) is 0 Å². The van der Waals surface area contributed by atoms with Crippen molar-refractivity contribution in [1.82, 2.24) is 4.90 Å². The van der Waals surface area contributed by atoms with E-state index in [-0.39, 0.29) is 6.17 Å². The summed E-state index contributed by atoms with van der Waals surface area (Å²) in [4.78, 5) is 4.60. The van der Waals surface area contributed by atoms with E-state index in [0.717, 1.165) is 0 Å². The van der Waals surface area contributed by atoms with E-state index in [1.807, 2.05) is 6.08 Å². The van der Waals surface area contributed by atoms with E-state index < -0.39 is 0 Å². The first-order chi connectivity index (χ1) is 10.6. The summed E-state index contributed by atoms with van der Waals surface area (Å²) in [5, 5.41) is 0. The van der Waals surface area contributed by atoms with Gasteiger partial charge in [-0.3, -0.25) is 0 Å². The normalized spacial score (nSPS) is 17.1. The number of nitrogens with zero attached hydrogens (tertiary/aromatic N) is 2. The fourth-order valence-corrected chi connectivity index (χ4v) is 3.27. The van der Waals surface area contributed by atoms with Crippen LogP contribution in [0.2, 0.25) is 0 Å². The molecule has 1 atom stereocenters. The molecule has 0 aromatic heterocycles. The smallest absolute Gasteiger partial charge is 0.131 e. The maximum Gasteiger partial charge on any atom is 0.131 e. The monoisotopic (exact) mass is 290 g/mol. The molecule has 0 N–H and O–H groups in total. The summed E-state index contributed by atoms with van der Waals surface area (Å²) in [5.74, 6) is 0. The van der Waals surface area contributed by atoms with Crippen molar-refractivity contribution in [2.45, 2.75) is 20.0 Å². The molecule has 0 spiro atoms. The Hall–Kier alpha value is -2.48. The average Bonchev–Trinajstić information content (AvgIpc) is 2.89. The Balaban J connectivity index is 2.07. The van der Waals surface area contributed by atoms with Crippen LogP contribution >= 0.6 is 0 Å². The number of aryl methyl sites for hydroxylation is 2. The van der Waals surface area contributed by atoms with Crippen molar-refractivity contribution in [2.75, 3.05) is 11.9 Å². The van der Waals surface area contributed by atoms with Crippen LogP contribution in [0.3, 0.4) is 0 Å². The van der Waals surface area contributed by atoms with E-state index in [1.54, 1.807) is 0 Å². The molecular weight excluding hydrogens is 268 g/mol. The van der Waals surface area contributed by atoms with Crippen molar-refractivity contribution in [2.24, 2.45) is 0 Å². The summed E-state index contributed by atoms with van der Waals surface area (Å²) < 4.78 is 0. The molecule has 2 aromatic carbocycles. The Bertz CT molecular complexity index is 693. The number of hydrogen-bond acceptors (Lipinski definition) is 2. The molecule has 1 aliphatic heterocycles. The molecule has 112 valence electrons. The minimum atomic E-state index is 0.202. The average molecular weight is 290 g/mol. The Morgan fingerprint density at radius 3 is 2.23 bits per heavy atom. The topological polar surface area (TPSA) is 6.48 Å². The van der Waals surface area contributed by atoms with Crippen LogP contribution in [-0.4, -0.2) is 11.9 Å². The van der Waals surface area contributed by atoms with Gasteiger partial charge in [-0.2, -0.15) is 0 Å². The molecule has 2 nitrogen and oxygen atoms in total. The zero-order valence-corrected chi connectivity index (χ0v) is 13.5. The first kappa shape index (κ1) is 14.5. The quantitative estimate of drug-likeness (QED) is 0.796. The maximum absolute atomic E-state index is 3.88. The third-order valence-electron chi connectivity index (χ3n) is 4.22. The molecule has 2 heteroatoms. The number of anilines is 1. The molecule has 0 radical (unpaired) electrons. The molecule has 1 aliphatic rings. The third kappa shape index (κ3) is 2.41. The molecule has 0 fully saturated rings. The van der Waals surface area contributed by atoms with Crippen LogP contribution in [0.1, 0.15) is 28.4 Å². The van der Waals surface area contributed by atoms with Crippen LogP contribution in [0, 0.1) is 13.8 Å². The molecule has 0 saturated heterocycles. The van der Waals surface area contributed by atoms with Crippen LogP contribution < -0.4 is 4.90 Å². The Morgan fingerprint density at radius 1 is 1.00 bits per heavy atom. The minimum Gasteiger partial charge on any atom is -0.355 e. The van der Waals surface area contributed by atoms with Crippen molar-refractivity contribution in [3.63, 3.8) is 0 Å². The largest absolute Gasteiger partial charge is 0.355 e. The zero-order chi connectivity index (χ0) is 15.7. The highest BCUT2D eigenvalue weighted by atomic mass is 15.4. The lowest BCUT2D eigenvalue weighted by Gasteiger charge is -2.33. The SMILES string of the molecule is C=Cc1cc(C)c(N2C=CN(C)C2c2ccccc2)c(C)c1. The Morgan fingerprint density at radius 2 is 1.64 bits per heavy atom. The van der Waals surface area contributed by atoms with Crippen molar-refractivity contribution in [3.05, 3.63) is 83.7 Å². The Labute approximate surface area is 133 Å². The summed E-state index contributed by atoms with van der Waals surface area (Å²) in [5.41, 5.74) is 6.29. The van der Waals surface area contributed by atoms with Crippen LogP contribution in [-0.2, 0) is 0 Å². The van der Waals surface area contributed by atoms with Crippen molar-refractivity contribution < 1.29 is 0 Å². The molecule has 0 aliphatic carbocycles. The summed E-state index contributed by atoms with van der Waals surface area (Å²) in [7, 11) is 2.12. The molecule has 0 bridgehead atoms. The van der Waals surface area contributed by atoms with Gasteiger partial charge in [-0.1, -0.05) is 43.0 Å². The van der Waals surface area contributed by atoms with E-state index in [1.165, 1.54) is 27.9 Å². The van der Waals surface area contributed by atoms with Gasteiger partial charge in [-0.25, -0.2) is 0 Å². The molecular formula is C20H22N2. The summed E-state index contributed by atoms with van der Waals surface area (Å²) in [6.45, 7) is 8.22. The van der Waals surface area contributed by atoms with Crippen LogP contribution in [0.15, 0.2) is 61.4 Å². The van der Waals surface area contributed by atoms with Crippen molar-refractivity contribution in [1.29, 1.82) is 0 Å². The lowest BCUT2D eigenvalue weighted by atomic mass is 10.0. The highest BCUT2D eigenvalue weighted by Crippen LogP contribution is 2.38. The predicted octanol–water partition coefficient (Wildman–Crippen LogP) is 4.87. The second kappa shape index (κ2) is 5.72. The first-order valence-corrected chi connectivity index (χ1v) is 7.59. The highest BCUT2D eigenvalue weighted by Gasteiger charge is 2.28. The number of benzene rings is 2. The van der Waals surface area contributed by atoms with E-state index in [2.05, 4.69) is 92.1 Å². The Kier molecular flexibility index (Phi) is 3.76. The minimum absolute atomic E-state index is 0.202. The van der Waals surface area contributed by atoms with Crippen LogP contribution in [0.25, 0.3) is 6.08 Å². The van der Waals surface area contributed by atoms with E-state index in [9.17, 15) is 0 Å². The van der Waals surface area contributed by atoms with Crippen LogP contribution in [0.4, 0.5) is 5.69 Å². The van der Waals surface area contributed by atoms with Gasteiger partial charge in [0.25, 0.3) is 0 Å². The second-order valence-corrected chi connectivity index (χ2v) is 5.86. The fourth-order valence-electron chi connectivity index (χ4n) is 3.27. The first-order valence-electron chi connectivity index (χ1n) is 7.59. The zero-order valence-electron chi connectivity index (χ0n) is 13.5. The summed E-state index contributed by atoms with van der Waals surface area (Å²) in [6.07, 6.45) is 6.41. The van der Waals surface area contributed by atoms with E-state index in [4.69, 9.17) is 0 Å². The molecule has 3 rings (SSSR count). The third-order valence-corrected chi connectivity index (χ3v) is 4.22. The summed E-state index contributed by atoms with van der Waals surface area (Å²) >= 11 is 0. The van der Waals surface area contributed by atoms with Gasteiger partial charge in [0.05, 0.1) is 0 Å². The van der Waals surface area contributed by atoms with Crippen LogP contribution in [0.5, 0.6) is 0 Å². The lowest BCUT2D eigenvalue weighted by molar-refractivity contribution is 0.367. The van der Waals surface area contributed by atoms with Crippen molar-refractivity contribution in [3.8, 4) is 0 Å². The molecule has 2 aromatic rings. The second-order valence-electron chi connectivity index (χ2n) is 5.86. The van der Waals surface area contributed by atoms with Gasteiger partial charge in [-0.05, 0) is 48.2 Å². The molecule has 1 heterocycles. The van der Waals surface area contributed by atoms with Gasteiger partial charge in [0, 0.05) is 25.1 Å². The highest BCUT2D eigenvalue weighted by molar-refractivity contribution is 5.67. The summed E-state index contributed by atoms with van der Waals surface area (Å²) in [6, 6.07) is 15.0. The molecule has 0 saturated carbocycles. The standard InChI is InChI=1S/C20H22N2/c1-5-17-13-15(2)19(16(3)14-17)22-12-11-21(4)20(22)18-9-7-6-8-10-18/h5-14,20H,1H2,2-4H3. The predicted molar refractivity (Wildman–Crippen MR) is 94.6 cm³/mol. The lowest BCUT2D eigenvalue weighted by Crippen LogP contribution is -2.29. The van der Waals surface area contributed by atoms with E-state index in [0.29, 0.717) is 0 Å². The molecule has 1 unspecified atom stereocenters. The van der Waals surface area contributed by atoms with Gasteiger partial charge in [-0.15, -0.1) is 0 Å². The van der Waals surface area contributed by atoms with E-state index >= 15 is 0 Å². The fraction of sp³-hybridized carbons (Fsp3) is 0.200.